The predicted octanol–water partition coefficient (Wildman–Crippen LogP) is 4.38. The quantitative estimate of drug-likeness (QED) is 0.635. The molecule has 1 aliphatic rings. The summed E-state index contributed by atoms with van der Waals surface area (Å²) in [5, 5.41) is 11.7. The molecule has 1 aromatic heterocycles. The molecule has 0 bridgehead atoms. The van der Waals surface area contributed by atoms with Gasteiger partial charge in [-0.2, -0.15) is 0 Å². The minimum Gasteiger partial charge on any atom is -0.325 e. The minimum atomic E-state index is -0.497. The standard InChI is InChI=1S/C22H24FN5OS/c1-4-5-18-25-26-22-28(18)27-19(15-7-9-16(23)10-8-15)20(30-22)21(29)24-17-11-6-13(2)14(3)12-17/h6-12,19-20,27H,4-5H2,1-3H3,(H,24,29)/t19-,20+/m0/s1. The average Bonchev–Trinajstić information content (AvgIpc) is 3.12. The number of thioether (sulfide) groups is 1. The number of fused-ring (bicyclic) bond motifs is 1. The van der Waals surface area contributed by atoms with Crippen molar-refractivity contribution in [1.82, 2.24) is 14.9 Å². The zero-order chi connectivity index (χ0) is 21.3. The van der Waals surface area contributed by atoms with Gasteiger partial charge < -0.3 is 10.7 Å². The second kappa shape index (κ2) is 8.47. The average molecular weight is 426 g/mol. The second-order valence-electron chi connectivity index (χ2n) is 7.47. The molecule has 156 valence electrons. The molecule has 2 atom stereocenters. The normalized spacial score (nSPS) is 17.9. The van der Waals surface area contributed by atoms with Crippen molar-refractivity contribution in [1.29, 1.82) is 0 Å². The second-order valence-corrected chi connectivity index (χ2v) is 8.58. The zero-order valence-corrected chi connectivity index (χ0v) is 18.0. The van der Waals surface area contributed by atoms with E-state index in [1.807, 2.05) is 36.7 Å². The summed E-state index contributed by atoms with van der Waals surface area (Å²) in [6.07, 6.45) is 1.71. The van der Waals surface area contributed by atoms with Gasteiger partial charge in [-0.1, -0.05) is 36.9 Å². The van der Waals surface area contributed by atoms with Gasteiger partial charge >= 0.3 is 0 Å². The van der Waals surface area contributed by atoms with Gasteiger partial charge in [0.25, 0.3) is 0 Å². The Morgan fingerprint density at radius 3 is 2.63 bits per heavy atom. The predicted molar refractivity (Wildman–Crippen MR) is 117 cm³/mol. The molecule has 0 saturated carbocycles. The highest BCUT2D eigenvalue weighted by Crippen LogP contribution is 2.37. The van der Waals surface area contributed by atoms with E-state index in [-0.39, 0.29) is 17.8 Å². The van der Waals surface area contributed by atoms with Crippen molar-refractivity contribution >= 4 is 23.4 Å². The number of amides is 1. The Bertz CT molecular complexity index is 1070. The lowest BCUT2D eigenvalue weighted by Gasteiger charge is -2.33. The molecule has 30 heavy (non-hydrogen) atoms. The number of carbonyl (C=O) groups is 1. The number of anilines is 1. The molecule has 6 nitrogen and oxygen atoms in total. The highest BCUT2D eigenvalue weighted by atomic mass is 32.2. The number of hydrogen-bond donors (Lipinski definition) is 2. The molecular weight excluding hydrogens is 401 g/mol. The first-order chi connectivity index (χ1) is 14.5. The Morgan fingerprint density at radius 2 is 1.93 bits per heavy atom. The van der Waals surface area contributed by atoms with Gasteiger partial charge in [0.05, 0.1) is 6.04 Å². The van der Waals surface area contributed by atoms with Gasteiger partial charge in [-0.15, -0.1) is 10.2 Å². The van der Waals surface area contributed by atoms with E-state index in [1.165, 1.54) is 29.5 Å². The first-order valence-electron chi connectivity index (χ1n) is 9.97. The molecule has 2 aromatic carbocycles. The molecule has 0 radical (unpaired) electrons. The minimum absolute atomic E-state index is 0.142. The number of rotatable bonds is 5. The highest BCUT2D eigenvalue weighted by molar-refractivity contribution is 8.00. The topological polar surface area (TPSA) is 71.8 Å². The number of nitrogens with one attached hydrogen (secondary N) is 2. The zero-order valence-electron chi connectivity index (χ0n) is 17.1. The Kier molecular flexibility index (Phi) is 5.76. The summed E-state index contributed by atoms with van der Waals surface area (Å²) in [5.74, 6) is 0.367. The van der Waals surface area contributed by atoms with E-state index in [9.17, 15) is 9.18 Å². The van der Waals surface area contributed by atoms with Gasteiger partial charge in [0, 0.05) is 12.1 Å². The molecule has 1 amide bonds. The van der Waals surface area contributed by atoms with Crippen LogP contribution in [-0.2, 0) is 11.2 Å². The number of carbonyl (C=O) groups excluding carboxylic acids is 1. The number of benzene rings is 2. The van der Waals surface area contributed by atoms with E-state index in [4.69, 9.17) is 0 Å². The van der Waals surface area contributed by atoms with Crippen LogP contribution in [0.15, 0.2) is 47.6 Å². The molecule has 8 heteroatoms. The van der Waals surface area contributed by atoms with Crippen LogP contribution in [0.4, 0.5) is 10.1 Å². The lowest BCUT2D eigenvalue weighted by Crippen LogP contribution is -2.41. The molecule has 2 heterocycles. The van der Waals surface area contributed by atoms with E-state index in [2.05, 4.69) is 27.9 Å². The van der Waals surface area contributed by atoms with Crippen LogP contribution in [-0.4, -0.2) is 26.0 Å². The van der Waals surface area contributed by atoms with Gasteiger partial charge in [-0.25, -0.2) is 9.07 Å². The van der Waals surface area contributed by atoms with Crippen molar-refractivity contribution in [3.8, 4) is 0 Å². The summed E-state index contributed by atoms with van der Waals surface area (Å²) in [6.45, 7) is 6.13. The molecule has 3 aromatic rings. The van der Waals surface area contributed by atoms with Crippen molar-refractivity contribution in [2.75, 3.05) is 10.7 Å². The number of nitrogens with zero attached hydrogens (tertiary/aromatic N) is 3. The third-order valence-corrected chi connectivity index (χ3v) is 6.45. The van der Waals surface area contributed by atoms with Crippen LogP contribution in [0.3, 0.4) is 0 Å². The number of halogens is 1. The fourth-order valence-electron chi connectivity index (χ4n) is 3.44. The van der Waals surface area contributed by atoms with E-state index in [0.29, 0.717) is 5.16 Å². The molecular formula is C22H24FN5OS. The van der Waals surface area contributed by atoms with Gasteiger partial charge in [-0.3, -0.25) is 4.79 Å². The number of aryl methyl sites for hydroxylation is 3. The lowest BCUT2D eigenvalue weighted by molar-refractivity contribution is -0.116. The first kappa shape index (κ1) is 20.4. The Balaban J connectivity index is 1.66. The molecule has 0 unspecified atom stereocenters. The third-order valence-electron chi connectivity index (χ3n) is 5.24. The van der Waals surface area contributed by atoms with Gasteiger partial charge in [0.1, 0.15) is 11.1 Å². The fraction of sp³-hybridized carbons (Fsp3) is 0.318. The Hall–Kier alpha value is -2.87. The van der Waals surface area contributed by atoms with Crippen molar-refractivity contribution in [2.45, 2.75) is 50.1 Å². The highest BCUT2D eigenvalue weighted by Gasteiger charge is 2.37. The van der Waals surface area contributed by atoms with Crippen LogP contribution < -0.4 is 10.7 Å². The SMILES string of the molecule is CCCc1nnc2n1N[C@@H](c1ccc(F)cc1)[C@H](C(=O)Nc1ccc(C)c(C)c1)S2. The molecule has 2 N–H and O–H groups in total. The molecule has 0 saturated heterocycles. The maximum absolute atomic E-state index is 13.5. The van der Waals surface area contributed by atoms with Crippen LogP contribution in [0.1, 0.15) is 41.9 Å². The molecule has 0 spiro atoms. The molecule has 0 aliphatic carbocycles. The van der Waals surface area contributed by atoms with Crippen molar-refractivity contribution in [3.63, 3.8) is 0 Å². The van der Waals surface area contributed by atoms with E-state index in [1.54, 1.807) is 12.1 Å². The number of aromatic nitrogens is 3. The summed E-state index contributed by atoms with van der Waals surface area (Å²) in [6, 6.07) is 11.7. The summed E-state index contributed by atoms with van der Waals surface area (Å²) < 4.78 is 15.3. The lowest BCUT2D eigenvalue weighted by atomic mass is 10.0. The maximum atomic E-state index is 13.5. The van der Waals surface area contributed by atoms with Crippen molar-refractivity contribution < 1.29 is 9.18 Å². The molecule has 4 rings (SSSR count). The molecule has 1 aliphatic heterocycles. The largest absolute Gasteiger partial charge is 0.325 e. The van der Waals surface area contributed by atoms with Gasteiger partial charge in [-0.05, 0) is 61.2 Å². The van der Waals surface area contributed by atoms with Gasteiger partial charge in [0.15, 0.2) is 5.82 Å². The van der Waals surface area contributed by atoms with E-state index < -0.39 is 5.25 Å². The smallest absolute Gasteiger partial charge is 0.240 e. The third kappa shape index (κ3) is 4.05. The number of hydrogen-bond acceptors (Lipinski definition) is 5. The van der Waals surface area contributed by atoms with Crippen LogP contribution in [0.5, 0.6) is 0 Å². The summed E-state index contributed by atoms with van der Waals surface area (Å²) in [4.78, 5) is 13.3. The summed E-state index contributed by atoms with van der Waals surface area (Å²) in [5.41, 5.74) is 7.25. The summed E-state index contributed by atoms with van der Waals surface area (Å²) >= 11 is 1.37. The van der Waals surface area contributed by atoms with Crippen molar-refractivity contribution in [2.24, 2.45) is 0 Å². The Morgan fingerprint density at radius 1 is 1.17 bits per heavy atom. The van der Waals surface area contributed by atoms with Crippen LogP contribution >= 0.6 is 11.8 Å². The van der Waals surface area contributed by atoms with Gasteiger partial charge in [0.2, 0.25) is 11.1 Å². The van der Waals surface area contributed by atoms with E-state index >= 15 is 0 Å². The Labute approximate surface area is 179 Å². The summed E-state index contributed by atoms with van der Waals surface area (Å²) in [7, 11) is 0. The monoisotopic (exact) mass is 425 g/mol. The van der Waals surface area contributed by atoms with Crippen LogP contribution in [0.2, 0.25) is 0 Å². The van der Waals surface area contributed by atoms with Crippen LogP contribution in [0.25, 0.3) is 0 Å². The van der Waals surface area contributed by atoms with Crippen LogP contribution in [0, 0.1) is 19.7 Å². The first-order valence-corrected chi connectivity index (χ1v) is 10.9. The van der Waals surface area contributed by atoms with E-state index in [0.717, 1.165) is 35.5 Å². The molecule has 0 fully saturated rings. The maximum Gasteiger partial charge on any atom is 0.240 e. The van der Waals surface area contributed by atoms with Crippen molar-refractivity contribution in [3.05, 3.63) is 70.8 Å². The fourth-order valence-corrected chi connectivity index (χ4v) is 4.54.